The predicted molar refractivity (Wildman–Crippen MR) is 91.6 cm³/mol. The van der Waals surface area contributed by atoms with E-state index in [0.29, 0.717) is 18.6 Å². The molecule has 0 heterocycles. The summed E-state index contributed by atoms with van der Waals surface area (Å²) in [6.45, 7) is 0. The molecule has 0 bridgehead atoms. The predicted octanol–water partition coefficient (Wildman–Crippen LogP) is 1.50. The van der Waals surface area contributed by atoms with Crippen molar-refractivity contribution in [1.82, 2.24) is 5.32 Å². The van der Waals surface area contributed by atoms with Crippen molar-refractivity contribution in [2.24, 2.45) is 11.7 Å². The van der Waals surface area contributed by atoms with Gasteiger partial charge in [-0.1, -0.05) is 30.3 Å². The highest BCUT2D eigenvalue weighted by Crippen LogP contribution is 2.11. The number of hydrogen-bond acceptors (Lipinski definition) is 5. The number of thiol groups is 1. The number of imide groups is 1. The molecule has 2 amide bonds. The molecule has 0 aliphatic rings. The summed E-state index contributed by atoms with van der Waals surface area (Å²) in [5.74, 6) is 0.122. The molecular formula is C15H22N2O2S2. The van der Waals surface area contributed by atoms with E-state index >= 15 is 0 Å². The van der Waals surface area contributed by atoms with Crippen molar-refractivity contribution in [1.29, 1.82) is 0 Å². The van der Waals surface area contributed by atoms with Crippen molar-refractivity contribution >= 4 is 36.2 Å². The number of nitrogens with two attached hydrogens (primary N) is 1. The number of carbonyl (C=O) groups excluding carboxylic acids is 2. The van der Waals surface area contributed by atoms with Crippen LogP contribution in [0.2, 0.25) is 0 Å². The maximum absolute atomic E-state index is 12.1. The molecule has 3 N–H and O–H groups in total. The third-order valence-electron chi connectivity index (χ3n) is 3.13. The van der Waals surface area contributed by atoms with Crippen LogP contribution in [0.15, 0.2) is 30.3 Å². The van der Waals surface area contributed by atoms with Gasteiger partial charge in [0.15, 0.2) is 0 Å². The Morgan fingerprint density at radius 3 is 2.52 bits per heavy atom. The molecule has 21 heavy (non-hydrogen) atoms. The Balaban J connectivity index is 2.53. The molecule has 0 aromatic heterocycles. The fraction of sp³-hybridized carbons (Fsp3) is 0.467. The third-order valence-corrected chi connectivity index (χ3v) is 4.22. The molecule has 0 aliphatic heterocycles. The first-order valence-corrected chi connectivity index (χ1v) is 8.85. The van der Waals surface area contributed by atoms with Crippen LogP contribution in [0.25, 0.3) is 0 Å². The van der Waals surface area contributed by atoms with E-state index in [2.05, 4.69) is 17.9 Å². The standard InChI is InChI=1S/C15H22N2O2S2/c1-21-8-7-13(16)15(19)17-14(18)12(10-20)9-11-5-3-2-4-6-11/h2-6,12-13,20H,7-10,16H2,1H3,(H,17,18,19)/t12?,13-/m0/s1. The number of benzene rings is 1. The van der Waals surface area contributed by atoms with E-state index in [1.54, 1.807) is 11.8 Å². The van der Waals surface area contributed by atoms with Crippen LogP contribution in [-0.4, -0.2) is 35.6 Å². The molecule has 1 aromatic carbocycles. The zero-order valence-electron chi connectivity index (χ0n) is 12.1. The lowest BCUT2D eigenvalue weighted by molar-refractivity contribution is -0.133. The van der Waals surface area contributed by atoms with Gasteiger partial charge in [-0.05, 0) is 30.4 Å². The molecule has 0 saturated carbocycles. The third kappa shape index (κ3) is 6.54. The largest absolute Gasteiger partial charge is 0.320 e. The van der Waals surface area contributed by atoms with Crippen LogP contribution in [0.5, 0.6) is 0 Å². The second kappa shape index (κ2) is 9.87. The summed E-state index contributed by atoms with van der Waals surface area (Å²) >= 11 is 5.83. The van der Waals surface area contributed by atoms with Crippen LogP contribution in [0.1, 0.15) is 12.0 Å². The summed E-state index contributed by atoms with van der Waals surface area (Å²) in [5.41, 5.74) is 6.80. The van der Waals surface area contributed by atoms with Crippen molar-refractivity contribution in [3.63, 3.8) is 0 Å². The van der Waals surface area contributed by atoms with Gasteiger partial charge in [0.05, 0.1) is 12.0 Å². The summed E-state index contributed by atoms with van der Waals surface area (Å²) < 4.78 is 0. The Hall–Kier alpha value is -0.980. The van der Waals surface area contributed by atoms with Gasteiger partial charge in [-0.3, -0.25) is 14.9 Å². The number of nitrogens with one attached hydrogen (secondary N) is 1. The average molecular weight is 326 g/mol. The van der Waals surface area contributed by atoms with Gasteiger partial charge in [0.25, 0.3) is 0 Å². The molecule has 6 heteroatoms. The summed E-state index contributed by atoms with van der Waals surface area (Å²) in [7, 11) is 0. The Bertz CT molecular complexity index is 454. The first-order chi connectivity index (χ1) is 10.1. The van der Waals surface area contributed by atoms with Gasteiger partial charge in [-0.2, -0.15) is 24.4 Å². The van der Waals surface area contributed by atoms with Crippen LogP contribution in [0.3, 0.4) is 0 Å². The van der Waals surface area contributed by atoms with Crippen LogP contribution >= 0.6 is 24.4 Å². The van der Waals surface area contributed by atoms with Crippen molar-refractivity contribution in [3.05, 3.63) is 35.9 Å². The van der Waals surface area contributed by atoms with Gasteiger partial charge in [0, 0.05) is 5.75 Å². The Morgan fingerprint density at radius 2 is 1.95 bits per heavy atom. The molecule has 0 saturated heterocycles. The number of carbonyl (C=O) groups is 2. The van der Waals surface area contributed by atoms with Gasteiger partial charge in [-0.25, -0.2) is 0 Å². The number of rotatable bonds is 8. The second-order valence-electron chi connectivity index (χ2n) is 4.81. The van der Waals surface area contributed by atoms with E-state index in [4.69, 9.17) is 5.73 Å². The Labute approximate surface area is 135 Å². The fourth-order valence-corrected chi connectivity index (χ4v) is 2.62. The zero-order chi connectivity index (χ0) is 15.7. The number of amides is 2. The summed E-state index contributed by atoms with van der Waals surface area (Å²) in [6.07, 6.45) is 3.07. The minimum atomic E-state index is -0.640. The molecule has 2 atom stereocenters. The molecular weight excluding hydrogens is 304 g/mol. The topological polar surface area (TPSA) is 72.2 Å². The molecule has 0 radical (unpaired) electrons. The average Bonchev–Trinajstić information content (AvgIpc) is 2.50. The normalized spacial score (nSPS) is 13.5. The fourth-order valence-electron chi connectivity index (χ4n) is 1.83. The van der Waals surface area contributed by atoms with E-state index in [9.17, 15) is 9.59 Å². The Morgan fingerprint density at radius 1 is 1.29 bits per heavy atom. The molecule has 1 aromatic rings. The lowest BCUT2D eigenvalue weighted by Gasteiger charge is -2.16. The summed E-state index contributed by atoms with van der Waals surface area (Å²) in [5, 5.41) is 2.40. The monoisotopic (exact) mass is 326 g/mol. The zero-order valence-corrected chi connectivity index (χ0v) is 13.8. The van der Waals surface area contributed by atoms with Crippen molar-refractivity contribution in [3.8, 4) is 0 Å². The highest BCUT2D eigenvalue weighted by atomic mass is 32.2. The maximum atomic E-state index is 12.1. The first-order valence-electron chi connectivity index (χ1n) is 6.82. The van der Waals surface area contributed by atoms with E-state index in [1.165, 1.54) is 0 Å². The van der Waals surface area contributed by atoms with Gasteiger partial charge in [0.2, 0.25) is 11.8 Å². The highest BCUT2D eigenvalue weighted by Gasteiger charge is 2.22. The van der Waals surface area contributed by atoms with Crippen LogP contribution < -0.4 is 11.1 Å². The molecule has 4 nitrogen and oxygen atoms in total. The lowest BCUT2D eigenvalue weighted by Crippen LogP contribution is -2.46. The molecule has 0 fully saturated rings. The van der Waals surface area contributed by atoms with Gasteiger partial charge >= 0.3 is 0 Å². The van der Waals surface area contributed by atoms with Crippen LogP contribution in [0.4, 0.5) is 0 Å². The molecule has 1 unspecified atom stereocenters. The molecule has 0 aliphatic carbocycles. The molecule has 0 spiro atoms. The minimum Gasteiger partial charge on any atom is -0.320 e. The number of thioether (sulfide) groups is 1. The van der Waals surface area contributed by atoms with Crippen molar-refractivity contribution in [2.75, 3.05) is 17.8 Å². The lowest BCUT2D eigenvalue weighted by atomic mass is 10.00. The van der Waals surface area contributed by atoms with Gasteiger partial charge in [0.1, 0.15) is 0 Å². The molecule has 116 valence electrons. The number of hydrogen-bond donors (Lipinski definition) is 3. The second-order valence-corrected chi connectivity index (χ2v) is 6.16. The highest BCUT2D eigenvalue weighted by molar-refractivity contribution is 7.98. The summed E-state index contributed by atoms with van der Waals surface area (Å²) in [4.78, 5) is 24.0. The first kappa shape index (κ1) is 18.1. The van der Waals surface area contributed by atoms with Crippen LogP contribution in [0, 0.1) is 5.92 Å². The van der Waals surface area contributed by atoms with E-state index in [0.717, 1.165) is 11.3 Å². The van der Waals surface area contributed by atoms with Crippen LogP contribution in [-0.2, 0) is 16.0 Å². The molecule has 1 rings (SSSR count). The quantitative estimate of drug-likeness (QED) is 0.633. The minimum absolute atomic E-state index is 0.307. The smallest absolute Gasteiger partial charge is 0.243 e. The van der Waals surface area contributed by atoms with Gasteiger partial charge in [-0.15, -0.1) is 0 Å². The SMILES string of the molecule is CSCC[C@H](N)C(=O)NC(=O)C(CS)Cc1ccccc1. The van der Waals surface area contributed by atoms with Crippen molar-refractivity contribution in [2.45, 2.75) is 18.9 Å². The van der Waals surface area contributed by atoms with E-state index in [1.807, 2.05) is 36.6 Å². The Kier molecular flexibility index (Phi) is 8.49. The van der Waals surface area contributed by atoms with Crippen molar-refractivity contribution < 1.29 is 9.59 Å². The van der Waals surface area contributed by atoms with E-state index in [-0.39, 0.29) is 11.8 Å². The van der Waals surface area contributed by atoms with E-state index < -0.39 is 11.9 Å². The maximum Gasteiger partial charge on any atom is 0.243 e. The summed E-state index contributed by atoms with van der Waals surface area (Å²) in [6, 6.07) is 9.04. The van der Waals surface area contributed by atoms with Gasteiger partial charge < -0.3 is 5.73 Å².